The molecule has 34 heavy (non-hydrogen) atoms. The quantitative estimate of drug-likeness (QED) is 0.297. The van der Waals surface area contributed by atoms with Gasteiger partial charge in [-0.15, -0.1) is 0 Å². The van der Waals surface area contributed by atoms with E-state index >= 15 is 0 Å². The molecule has 0 aliphatic carbocycles. The maximum Gasteiger partial charge on any atom is 0.238 e. The number of rotatable bonds is 9. The van der Waals surface area contributed by atoms with Gasteiger partial charge < -0.3 is 5.32 Å². The fourth-order valence-electron chi connectivity index (χ4n) is 3.80. The van der Waals surface area contributed by atoms with Gasteiger partial charge in [0.1, 0.15) is 0 Å². The number of anilines is 1. The van der Waals surface area contributed by atoms with E-state index in [-0.39, 0.29) is 18.2 Å². The lowest BCUT2D eigenvalue weighted by molar-refractivity contribution is -0.117. The minimum absolute atomic E-state index is 0.172. The van der Waals surface area contributed by atoms with E-state index in [2.05, 4.69) is 10.2 Å². The van der Waals surface area contributed by atoms with Crippen molar-refractivity contribution in [2.45, 2.75) is 13.1 Å². The van der Waals surface area contributed by atoms with Crippen molar-refractivity contribution in [1.82, 2.24) is 4.90 Å². The molecule has 0 fully saturated rings. The predicted molar refractivity (Wildman–Crippen MR) is 137 cm³/mol. The lowest BCUT2D eigenvalue weighted by atomic mass is 10.0. The molecule has 4 rings (SSSR count). The number of carbonyl (C=O) groups is 2. The Kier molecular flexibility index (Phi) is 7.87. The average molecular weight is 469 g/mol. The summed E-state index contributed by atoms with van der Waals surface area (Å²) in [6.45, 7) is 1.42. The van der Waals surface area contributed by atoms with E-state index in [1.165, 1.54) is 0 Å². The Morgan fingerprint density at radius 2 is 1.24 bits per heavy atom. The van der Waals surface area contributed by atoms with E-state index in [0.717, 1.165) is 11.1 Å². The lowest BCUT2D eigenvalue weighted by Gasteiger charge is -2.22. The van der Waals surface area contributed by atoms with Crippen molar-refractivity contribution in [3.05, 3.63) is 136 Å². The average Bonchev–Trinajstić information content (AvgIpc) is 2.86. The van der Waals surface area contributed by atoms with Gasteiger partial charge in [-0.2, -0.15) is 0 Å². The Morgan fingerprint density at radius 3 is 1.79 bits per heavy atom. The molecule has 0 radical (unpaired) electrons. The normalized spacial score (nSPS) is 10.8. The van der Waals surface area contributed by atoms with Crippen LogP contribution in [0.1, 0.15) is 27.0 Å². The van der Waals surface area contributed by atoms with E-state index in [4.69, 9.17) is 11.6 Å². The molecule has 1 amide bonds. The van der Waals surface area contributed by atoms with Crippen LogP contribution in [-0.4, -0.2) is 23.1 Å². The highest BCUT2D eigenvalue weighted by molar-refractivity contribution is 6.31. The summed E-state index contributed by atoms with van der Waals surface area (Å²) in [5.74, 6) is -0.389. The molecule has 0 aromatic heterocycles. The number of carbonyl (C=O) groups excluding carboxylic acids is 2. The maximum atomic E-state index is 13.1. The Morgan fingerprint density at radius 1 is 0.706 bits per heavy atom. The van der Waals surface area contributed by atoms with Crippen LogP contribution in [0.5, 0.6) is 0 Å². The molecule has 0 unspecified atom stereocenters. The van der Waals surface area contributed by atoms with Gasteiger partial charge in [-0.05, 0) is 29.3 Å². The van der Waals surface area contributed by atoms with Gasteiger partial charge in [0.15, 0.2) is 5.78 Å². The van der Waals surface area contributed by atoms with Crippen LogP contribution in [0, 0.1) is 0 Å². The number of benzene rings is 4. The zero-order valence-electron chi connectivity index (χ0n) is 18.7. The molecule has 5 heteroatoms. The topological polar surface area (TPSA) is 49.4 Å². The van der Waals surface area contributed by atoms with Crippen LogP contribution in [0.3, 0.4) is 0 Å². The summed E-state index contributed by atoms with van der Waals surface area (Å²) in [5, 5.41) is 3.37. The van der Waals surface area contributed by atoms with Gasteiger partial charge in [0.05, 0.1) is 12.2 Å². The predicted octanol–water partition coefficient (Wildman–Crippen LogP) is 6.21. The minimum Gasteiger partial charge on any atom is -0.324 e. The summed E-state index contributed by atoms with van der Waals surface area (Å²) in [4.78, 5) is 28.3. The van der Waals surface area contributed by atoms with E-state index in [1.807, 2.05) is 66.7 Å². The van der Waals surface area contributed by atoms with Gasteiger partial charge in [-0.3, -0.25) is 14.5 Å². The largest absolute Gasteiger partial charge is 0.324 e. The van der Waals surface area contributed by atoms with Crippen molar-refractivity contribution >= 4 is 29.0 Å². The summed E-state index contributed by atoms with van der Waals surface area (Å²) >= 11 is 6.18. The first-order chi connectivity index (χ1) is 16.6. The Labute approximate surface area is 204 Å². The van der Waals surface area contributed by atoms with Gasteiger partial charge in [0.25, 0.3) is 0 Å². The van der Waals surface area contributed by atoms with E-state index in [1.54, 1.807) is 42.5 Å². The molecule has 0 saturated heterocycles. The van der Waals surface area contributed by atoms with Crippen LogP contribution in [0.4, 0.5) is 5.69 Å². The molecule has 0 heterocycles. The summed E-state index contributed by atoms with van der Waals surface area (Å²) in [6.07, 6.45) is 0. The van der Waals surface area contributed by atoms with Crippen LogP contribution in [-0.2, 0) is 17.9 Å². The number of hydrogen-bond donors (Lipinski definition) is 1. The van der Waals surface area contributed by atoms with Crippen LogP contribution in [0.2, 0.25) is 5.02 Å². The van der Waals surface area contributed by atoms with Crippen LogP contribution < -0.4 is 5.32 Å². The third-order valence-corrected chi connectivity index (χ3v) is 5.64. The maximum absolute atomic E-state index is 13.1. The van der Waals surface area contributed by atoms with E-state index in [9.17, 15) is 9.59 Å². The van der Waals surface area contributed by atoms with Crippen LogP contribution in [0.25, 0.3) is 0 Å². The van der Waals surface area contributed by atoms with Crippen LogP contribution in [0.15, 0.2) is 109 Å². The second kappa shape index (κ2) is 11.4. The molecule has 0 aliphatic rings. The fourth-order valence-corrected chi connectivity index (χ4v) is 3.97. The second-order valence-corrected chi connectivity index (χ2v) is 8.49. The second-order valence-electron chi connectivity index (χ2n) is 8.05. The Hall–Kier alpha value is -3.73. The van der Waals surface area contributed by atoms with Gasteiger partial charge in [-0.25, -0.2) is 0 Å². The first-order valence-electron chi connectivity index (χ1n) is 11.1. The minimum atomic E-state index is -0.198. The third kappa shape index (κ3) is 6.41. The zero-order chi connectivity index (χ0) is 23.8. The monoisotopic (exact) mass is 468 g/mol. The highest BCUT2D eigenvalue weighted by atomic mass is 35.5. The molecule has 4 aromatic rings. The van der Waals surface area contributed by atoms with Crippen molar-refractivity contribution in [2.75, 3.05) is 11.9 Å². The molecule has 170 valence electrons. The van der Waals surface area contributed by atoms with Gasteiger partial charge in [0.2, 0.25) is 5.91 Å². The number of hydrogen-bond acceptors (Lipinski definition) is 3. The molecular weight excluding hydrogens is 444 g/mol. The zero-order valence-corrected chi connectivity index (χ0v) is 19.4. The van der Waals surface area contributed by atoms with Gasteiger partial charge in [0, 0.05) is 29.2 Å². The SMILES string of the molecule is O=C(CN(Cc1ccccc1)Cc1ccccc1)Nc1ccc(Cl)cc1C(=O)c1ccccc1. The van der Waals surface area contributed by atoms with Crippen molar-refractivity contribution < 1.29 is 9.59 Å². The molecule has 0 atom stereocenters. The summed E-state index contributed by atoms with van der Waals surface area (Å²) in [5.41, 5.74) is 3.60. The van der Waals surface area contributed by atoms with Gasteiger partial charge >= 0.3 is 0 Å². The number of nitrogens with zero attached hydrogens (tertiary/aromatic N) is 1. The molecule has 0 spiro atoms. The van der Waals surface area contributed by atoms with Crippen molar-refractivity contribution in [3.63, 3.8) is 0 Å². The Bertz CT molecular complexity index is 1200. The van der Waals surface area contributed by atoms with E-state index in [0.29, 0.717) is 34.9 Å². The molecule has 0 bridgehead atoms. The van der Waals surface area contributed by atoms with Gasteiger partial charge in [-0.1, -0.05) is 103 Å². The molecular formula is C29H25ClN2O2. The first-order valence-corrected chi connectivity index (χ1v) is 11.5. The lowest BCUT2D eigenvalue weighted by Crippen LogP contribution is -2.33. The molecule has 4 aromatic carbocycles. The van der Waals surface area contributed by atoms with Crippen LogP contribution >= 0.6 is 11.6 Å². The summed E-state index contributed by atoms with van der Waals surface area (Å²) in [6, 6.07) is 34.0. The summed E-state index contributed by atoms with van der Waals surface area (Å²) in [7, 11) is 0. The number of amides is 1. The highest BCUT2D eigenvalue weighted by Gasteiger charge is 2.18. The molecule has 1 N–H and O–H groups in total. The number of nitrogens with one attached hydrogen (secondary N) is 1. The molecule has 0 aliphatic heterocycles. The standard InChI is InChI=1S/C29H25ClN2O2/c30-25-16-17-27(26(18-25)29(34)24-14-8-3-9-15-24)31-28(33)21-32(19-22-10-4-1-5-11-22)20-23-12-6-2-7-13-23/h1-18H,19-21H2,(H,31,33). The van der Waals surface area contributed by atoms with E-state index < -0.39 is 0 Å². The first kappa shape index (κ1) is 23.4. The van der Waals surface area contributed by atoms with Crippen molar-refractivity contribution in [1.29, 1.82) is 0 Å². The smallest absolute Gasteiger partial charge is 0.238 e. The highest BCUT2D eigenvalue weighted by Crippen LogP contribution is 2.24. The summed E-state index contributed by atoms with van der Waals surface area (Å²) < 4.78 is 0. The van der Waals surface area contributed by atoms with Crippen molar-refractivity contribution in [3.8, 4) is 0 Å². The third-order valence-electron chi connectivity index (χ3n) is 5.40. The van der Waals surface area contributed by atoms with Crippen molar-refractivity contribution in [2.24, 2.45) is 0 Å². The molecule has 0 saturated carbocycles. The number of halogens is 1. The fraction of sp³-hybridized carbons (Fsp3) is 0.103. The molecule has 4 nitrogen and oxygen atoms in total. The Balaban J connectivity index is 1.53. The number of ketones is 1.